The molecule has 154 valence electrons. The third kappa shape index (κ3) is 5.61. The molecule has 29 heavy (non-hydrogen) atoms. The lowest BCUT2D eigenvalue weighted by Gasteiger charge is -2.14. The number of Topliss-reactive ketones (excluding diaryl/α,β-unsaturated/α-hetero) is 1. The van der Waals surface area contributed by atoms with Crippen molar-refractivity contribution in [2.45, 2.75) is 6.92 Å². The van der Waals surface area contributed by atoms with Gasteiger partial charge in [-0.3, -0.25) is 25.2 Å². The molecule has 0 atom stereocenters. The van der Waals surface area contributed by atoms with Gasteiger partial charge >= 0.3 is 0 Å². The van der Waals surface area contributed by atoms with Crippen LogP contribution < -0.4 is 30.4 Å². The van der Waals surface area contributed by atoms with E-state index in [0.717, 1.165) is 0 Å². The van der Waals surface area contributed by atoms with Crippen molar-refractivity contribution in [1.82, 2.24) is 10.9 Å². The number of hydrazine groups is 1. The lowest BCUT2D eigenvalue weighted by molar-refractivity contribution is -0.120. The Balaban J connectivity index is 1.93. The normalized spacial score (nSPS) is 9.93. The van der Waals surface area contributed by atoms with Crippen LogP contribution in [-0.4, -0.2) is 45.5 Å². The standard InChI is InChI=1S/C20H23N3O6/c1-12(24)13-5-7-15(8-6-13)21-11-18(25)22-23-20(26)14-9-16(27-2)19(29-4)17(10-14)28-3/h5-10,21H,11H2,1-4H3,(H,22,25)(H,23,26). The largest absolute Gasteiger partial charge is 0.493 e. The summed E-state index contributed by atoms with van der Waals surface area (Å²) in [6.07, 6.45) is 0. The van der Waals surface area contributed by atoms with Crippen molar-refractivity contribution in [1.29, 1.82) is 0 Å². The number of carbonyl (C=O) groups excluding carboxylic acids is 3. The van der Waals surface area contributed by atoms with E-state index >= 15 is 0 Å². The Hall–Kier alpha value is -3.75. The molecule has 0 aliphatic carbocycles. The molecule has 2 aromatic rings. The Morgan fingerprint density at radius 1 is 0.828 bits per heavy atom. The highest BCUT2D eigenvalue weighted by atomic mass is 16.5. The van der Waals surface area contributed by atoms with Crippen LogP contribution in [0, 0.1) is 0 Å². The third-order valence-electron chi connectivity index (χ3n) is 3.99. The summed E-state index contributed by atoms with van der Waals surface area (Å²) in [6, 6.07) is 9.65. The Morgan fingerprint density at radius 2 is 1.41 bits per heavy atom. The third-order valence-corrected chi connectivity index (χ3v) is 3.99. The van der Waals surface area contributed by atoms with E-state index in [1.165, 1.54) is 40.4 Å². The Bertz CT molecular complexity index is 871. The fraction of sp³-hybridized carbons (Fsp3) is 0.250. The summed E-state index contributed by atoms with van der Waals surface area (Å²) in [5.74, 6) is -0.0535. The average Bonchev–Trinajstić information content (AvgIpc) is 2.74. The maximum absolute atomic E-state index is 12.3. The first-order valence-electron chi connectivity index (χ1n) is 8.63. The van der Waals surface area contributed by atoms with Gasteiger partial charge in [0.05, 0.1) is 27.9 Å². The van der Waals surface area contributed by atoms with Crippen LogP contribution >= 0.6 is 0 Å². The van der Waals surface area contributed by atoms with Crippen LogP contribution in [0.1, 0.15) is 27.6 Å². The van der Waals surface area contributed by atoms with E-state index in [2.05, 4.69) is 16.2 Å². The Morgan fingerprint density at radius 3 is 1.90 bits per heavy atom. The van der Waals surface area contributed by atoms with Crippen molar-refractivity contribution in [3.8, 4) is 17.2 Å². The molecule has 2 aromatic carbocycles. The predicted molar refractivity (Wildman–Crippen MR) is 107 cm³/mol. The van der Waals surface area contributed by atoms with E-state index in [9.17, 15) is 14.4 Å². The smallest absolute Gasteiger partial charge is 0.269 e. The summed E-state index contributed by atoms with van der Waals surface area (Å²) in [6.45, 7) is 1.40. The number of hydrogen-bond acceptors (Lipinski definition) is 7. The van der Waals surface area contributed by atoms with Crippen LogP contribution in [0.5, 0.6) is 17.2 Å². The molecule has 0 aromatic heterocycles. The molecule has 0 aliphatic heterocycles. The molecule has 0 saturated heterocycles. The van der Waals surface area contributed by atoms with Crippen LogP contribution in [0.3, 0.4) is 0 Å². The van der Waals surface area contributed by atoms with Gasteiger partial charge in [-0.2, -0.15) is 0 Å². The molecule has 0 heterocycles. The maximum atomic E-state index is 12.3. The minimum Gasteiger partial charge on any atom is -0.493 e. The zero-order valence-electron chi connectivity index (χ0n) is 16.6. The zero-order chi connectivity index (χ0) is 21.4. The second-order valence-corrected chi connectivity index (χ2v) is 5.90. The number of nitrogens with one attached hydrogen (secondary N) is 3. The van der Waals surface area contributed by atoms with Gasteiger partial charge in [0.2, 0.25) is 5.75 Å². The highest BCUT2D eigenvalue weighted by molar-refractivity contribution is 5.97. The number of methoxy groups -OCH3 is 3. The average molecular weight is 401 g/mol. The minimum absolute atomic E-state index is 0.0381. The van der Waals surface area contributed by atoms with E-state index in [4.69, 9.17) is 14.2 Å². The molecule has 0 bridgehead atoms. The van der Waals surface area contributed by atoms with E-state index in [1.54, 1.807) is 24.3 Å². The van der Waals surface area contributed by atoms with Gasteiger partial charge in [0.25, 0.3) is 11.8 Å². The van der Waals surface area contributed by atoms with Crippen LogP contribution in [0.15, 0.2) is 36.4 Å². The number of carbonyl (C=O) groups is 3. The summed E-state index contributed by atoms with van der Waals surface area (Å²) in [4.78, 5) is 35.6. The van der Waals surface area contributed by atoms with Crippen molar-refractivity contribution in [3.05, 3.63) is 47.5 Å². The predicted octanol–water partition coefficient (Wildman–Crippen LogP) is 1.79. The van der Waals surface area contributed by atoms with Crippen molar-refractivity contribution in [2.75, 3.05) is 33.2 Å². The van der Waals surface area contributed by atoms with Gasteiger partial charge < -0.3 is 19.5 Å². The monoisotopic (exact) mass is 401 g/mol. The van der Waals surface area contributed by atoms with E-state index in [1.807, 2.05) is 0 Å². The van der Waals surface area contributed by atoms with Crippen LogP contribution in [0.2, 0.25) is 0 Å². The van der Waals surface area contributed by atoms with Crippen LogP contribution in [0.25, 0.3) is 0 Å². The number of amides is 2. The van der Waals surface area contributed by atoms with Gasteiger partial charge in [-0.1, -0.05) is 0 Å². The van der Waals surface area contributed by atoms with Gasteiger partial charge in [0.15, 0.2) is 17.3 Å². The topological polar surface area (TPSA) is 115 Å². The molecule has 0 radical (unpaired) electrons. The van der Waals surface area contributed by atoms with Crippen molar-refractivity contribution in [2.24, 2.45) is 0 Å². The number of benzene rings is 2. The molecular weight excluding hydrogens is 378 g/mol. The van der Waals surface area contributed by atoms with E-state index < -0.39 is 11.8 Å². The first-order chi connectivity index (χ1) is 13.9. The second kappa shape index (κ2) is 9.98. The number of ether oxygens (including phenoxy) is 3. The highest BCUT2D eigenvalue weighted by Gasteiger charge is 2.17. The molecule has 0 fully saturated rings. The molecule has 0 saturated carbocycles. The highest BCUT2D eigenvalue weighted by Crippen LogP contribution is 2.38. The number of anilines is 1. The second-order valence-electron chi connectivity index (χ2n) is 5.90. The molecule has 0 spiro atoms. The molecule has 2 amide bonds. The molecular formula is C20H23N3O6. The van der Waals surface area contributed by atoms with Crippen LogP contribution in [0.4, 0.5) is 5.69 Å². The first-order valence-corrected chi connectivity index (χ1v) is 8.63. The number of hydrogen-bond donors (Lipinski definition) is 3. The molecule has 3 N–H and O–H groups in total. The van der Waals surface area contributed by atoms with Gasteiger partial charge in [-0.25, -0.2) is 0 Å². The molecule has 9 heteroatoms. The van der Waals surface area contributed by atoms with Crippen molar-refractivity contribution >= 4 is 23.3 Å². The van der Waals surface area contributed by atoms with Gasteiger partial charge in [-0.05, 0) is 43.3 Å². The summed E-state index contributed by atoms with van der Waals surface area (Å²) in [7, 11) is 4.34. The Labute approximate surface area is 168 Å². The minimum atomic E-state index is -0.552. The van der Waals surface area contributed by atoms with Crippen LogP contribution in [-0.2, 0) is 4.79 Å². The van der Waals surface area contributed by atoms with Gasteiger partial charge in [0, 0.05) is 16.8 Å². The first kappa shape index (κ1) is 21.5. The fourth-order valence-corrected chi connectivity index (χ4v) is 2.46. The fourth-order valence-electron chi connectivity index (χ4n) is 2.46. The lowest BCUT2D eigenvalue weighted by atomic mass is 10.1. The van der Waals surface area contributed by atoms with E-state index in [-0.39, 0.29) is 17.9 Å². The summed E-state index contributed by atoms with van der Waals surface area (Å²) < 4.78 is 15.6. The van der Waals surface area contributed by atoms with Gasteiger partial charge in [0.1, 0.15) is 0 Å². The number of rotatable bonds is 8. The molecule has 9 nitrogen and oxygen atoms in total. The Kier molecular flexibility index (Phi) is 7.41. The molecule has 2 rings (SSSR count). The van der Waals surface area contributed by atoms with Crippen molar-refractivity contribution < 1.29 is 28.6 Å². The quantitative estimate of drug-likeness (QED) is 0.456. The van der Waals surface area contributed by atoms with Gasteiger partial charge in [-0.15, -0.1) is 0 Å². The molecule has 0 aliphatic rings. The maximum Gasteiger partial charge on any atom is 0.269 e. The number of ketones is 1. The molecule has 0 unspecified atom stereocenters. The zero-order valence-corrected chi connectivity index (χ0v) is 16.6. The summed E-state index contributed by atoms with van der Waals surface area (Å²) in [5.41, 5.74) is 6.10. The lowest BCUT2D eigenvalue weighted by Crippen LogP contribution is -2.44. The summed E-state index contributed by atoms with van der Waals surface area (Å²) in [5, 5.41) is 2.89. The SMILES string of the molecule is COc1cc(C(=O)NNC(=O)CNc2ccc(C(C)=O)cc2)cc(OC)c1OC. The van der Waals surface area contributed by atoms with Crippen molar-refractivity contribution in [3.63, 3.8) is 0 Å². The van der Waals surface area contributed by atoms with E-state index in [0.29, 0.717) is 28.5 Å². The summed E-state index contributed by atoms with van der Waals surface area (Å²) >= 11 is 0.